The number of likely N-dealkylation sites (N-methyl/N-ethyl adjacent to an activating group) is 1. The molecule has 0 radical (unpaired) electrons. The van der Waals surface area contributed by atoms with E-state index in [4.69, 9.17) is 0 Å². The van der Waals surface area contributed by atoms with Gasteiger partial charge < -0.3 is 10.0 Å². The summed E-state index contributed by atoms with van der Waals surface area (Å²) in [5.74, 6) is 0. The maximum atomic E-state index is 10.1. The van der Waals surface area contributed by atoms with Crippen LogP contribution in [0.3, 0.4) is 0 Å². The van der Waals surface area contributed by atoms with Gasteiger partial charge in [0.15, 0.2) is 0 Å². The Balaban J connectivity index is 2.53. The monoisotopic (exact) mass is 235 g/mol. The summed E-state index contributed by atoms with van der Waals surface area (Å²) in [5, 5.41) is 10.1. The predicted octanol–water partition coefficient (Wildman–Crippen LogP) is 3.01. The topological polar surface area (TPSA) is 23.5 Å². The summed E-state index contributed by atoms with van der Waals surface area (Å²) >= 11 is 0. The van der Waals surface area contributed by atoms with Gasteiger partial charge in [0, 0.05) is 6.54 Å². The highest BCUT2D eigenvalue weighted by Crippen LogP contribution is 2.15. The predicted molar refractivity (Wildman–Crippen MR) is 73.2 cm³/mol. The Bertz CT molecular complexity index is 307. The van der Waals surface area contributed by atoms with Crippen LogP contribution in [-0.4, -0.2) is 30.1 Å². The van der Waals surface area contributed by atoms with Crippen LogP contribution in [0.15, 0.2) is 24.3 Å². The zero-order valence-corrected chi connectivity index (χ0v) is 11.3. The number of aliphatic hydroxyl groups excluding tert-OH is 1. The molecule has 0 aliphatic carbocycles. The molecule has 0 saturated carbocycles. The van der Waals surface area contributed by atoms with E-state index in [1.54, 1.807) is 0 Å². The minimum absolute atomic E-state index is 0.373. The summed E-state index contributed by atoms with van der Waals surface area (Å²) in [6.45, 7) is 6.08. The Kier molecular flexibility index (Phi) is 6.23. The highest BCUT2D eigenvalue weighted by atomic mass is 16.3. The molecule has 0 fully saturated rings. The van der Waals surface area contributed by atoms with Crippen molar-refractivity contribution in [3.63, 3.8) is 0 Å². The average Bonchev–Trinajstić information content (AvgIpc) is 2.30. The first-order valence-electron chi connectivity index (χ1n) is 6.62. The van der Waals surface area contributed by atoms with E-state index in [-0.39, 0.29) is 6.10 Å². The van der Waals surface area contributed by atoms with Gasteiger partial charge >= 0.3 is 0 Å². The van der Waals surface area contributed by atoms with Crippen LogP contribution in [0.4, 0.5) is 0 Å². The Hall–Kier alpha value is -0.860. The second-order valence-electron chi connectivity index (χ2n) is 4.77. The van der Waals surface area contributed by atoms with Gasteiger partial charge in [0.25, 0.3) is 0 Å². The van der Waals surface area contributed by atoms with Crippen LogP contribution in [0.2, 0.25) is 0 Å². The first kappa shape index (κ1) is 14.2. The van der Waals surface area contributed by atoms with Gasteiger partial charge in [-0.3, -0.25) is 0 Å². The first-order valence-corrected chi connectivity index (χ1v) is 6.62. The second-order valence-corrected chi connectivity index (χ2v) is 4.77. The van der Waals surface area contributed by atoms with Crippen LogP contribution in [0.1, 0.15) is 43.9 Å². The quantitative estimate of drug-likeness (QED) is 0.785. The Morgan fingerprint density at radius 1 is 1.12 bits per heavy atom. The van der Waals surface area contributed by atoms with E-state index in [1.807, 2.05) is 0 Å². The van der Waals surface area contributed by atoms with Crippen molar-refractivity contribution >= 4 is 0 Å². The lowest BCUT2D eigenvalue weighted by Gasteiger charge is -2.20. The minimum Gasteiger partial charge on any atom is -0.387 e. The van der Waals surface area contributed by atoms with E-state index in [9.17, 15) is 5.11 Å². The van der Waals surface area contributed by atoms with Crippen molar-refractivity contribution in [3.8, 4) is 0 Å². The van der Waals surface area contributed by atoms with Crippen LogP contribution in [0, 0.1) is 0 Å². The fourth-order valence-electron chi connectivity index (χ4n) is 2.07. The van der Waals surface area contributed by atoms with Crippen molar-refractivity contribution in [3.05, 3.63) is 35.4 Å². The van der Waals surface area contributed by atoms with Crippen molar-refractivity contribution < 1.29 is 5.11 Å². The van der Waals surface area contributed by atoms with Gasteiger partial charge in [-0.25, -0.2) is 0 Å². The number of nitrogens with zero attached hydrogens (tertiary/aromatic N) is 1. The van der Waals surface area contributed by atoms with Gasteiger partial charge in [-0.05, 0) is 37.6 Å². The lowest BCUT2D eigenvalue weighted by molar-refractivity contribution is 0.127. The van der Waals surface area contributed by atoms with Gasteiger partial charge in [0.05, 0.1) is 6.10 Å². The smallest absolute Gasteiger partial charge is 0.0916 e. The van der Waals surface area contributed by atoms with Gasteiger partial charge in [0.1, 0.15) is 0 Å². The maximum absolute atomic E-state index is 10.1. The molecule has 96 valence electrons. The highest BCUT2D eigenvalue weighted by Gasteiger charge is 2.09. The van der Waals surface area contributed by atoms with E-state index in [0.717, 1.165) is 24.9 Å². The van der Waals surface area contributed by atoms with E-state index in [0.29, 0.717) is 6.54 Å². The largest absolute Gasteiger partial charge is 0.387 e. The lowest BCUT2D eigenvalue weighted by Crippen LogP contribution is -2.25. The molecule has 0 spiro atoms. The molecule has 0 bridgehead atoms. The Labute approximate surface area is 105 Å². The third kappa shape index (κ3) is 4.88. The molecule has 1 unspecified atom stereocenters. The highest BCUT2D eigenvalue weighted by molar-refractivity contribution is 5.24. The molecular formula is C15H25NO. The van der Waals surface area contributed by atoms with Gasteiger partial charge in [0.2, 0.25) is 0 Å². The summed E-state index contributed by atoms with van der Waals surface area (Å²) < 4.78 is 0. The Morgan fingerprint density at radius 2 is 1.76 bits per heavy atom. The van der Waals surface area contributed by atoms with Crippen molar-refractivity contribution in [2.24, 2.45) is 0 Å². The van der Waals surface area contributed by atoms with Crippen LogP contribution in [-0.2, 0) is 6.42 Å². The molecule has 0 heterocycles. The average molecular weight is 235 g/mol. The molecule has 0 aromatic heterocycles. The van der Waals surface area contributed by atoms with Crippen molar-refractivity contribution in [2.45, 2.75) is 39.2 Å². The van der Waals surface area contributed by atoms with E-state index in [1.165, 1.54) is 12.0 Å². The molecular weight excluding hydrogens is 210 g/mol. The summed E-state index contributed by atoms with van der Waals surface area (Å²) in [7, 11) is 2.05. The molecule has 1 atom stereocenters. The SMILES string of the molecule is CCCc1ccc(C(O)CN(C)CCC)cc1. The first-order chi connectivity index (χ1) is 8.17. The molecule has 1 rings (SSSR count). The van der Waals surface area contributed by atoms with Crippen molar-refractivity contribution in [2.75, 3.05) is 20.1 Å². The fraction of sp³-hybridized carbons (Fsp3) is 0.600. The zero-order valence-electron chi connectivity index (χ0n) is 11.3. The molecule has 0 amide bonds. The van der Waals surface area contributed by atoms with E-state index >= 15 is 0 Å². The number of aliphatic hydroxyl groups is 1. The number of hydrogen-bond donors (Lipinski definition) is 1. The fourth-order valence-corrected chi connectivity index (χ4v) is 2.07. The number of rotatable bonds is 7. The molecule has 0 saturated heterocycles. The zero-order chi connectivity index (χ0) is 12.7. The van der Waals surface area contributed by atoms with Crippen LogP contribution in [0.5, 0.6) is 0 Å². The summed E-state index contributed by atoms with van der Waals surface area (Å²) in [6.07, 6.45) is 3.04. The second kappa shape index (κ2) is 7.46. The molecule has 0 aliphatic heterocycles. The summed E-state index contributed by atoms with van der Waals surface area (Å²) in [5.41, 5.74) is 2.37. The van der Waals surface area contributed by atoms with Gasteiger partial charge in [-0.1, -0.05) is 44.5 Å². The summed E-state index contributed by atoms with van der Waals surface area (Å²) in [4.78, 5) is 2.17. The van der Waals surface area contributed by atoms with Crippen LogP contribution in [0.25, 0.3) is 0 Å². The molecule has 17 heavy (non-hydrogen) atoms. The molecule has 1 N–H and O–H groups in total. The number of hydrogen-bond acceptors (Lipinski definition) is 2. The normalized spacial score (nSPS) is 13.0. The summed E-state index contributed by atoms with van der Waals surface area (Å²) in [6, 6.07) is 8.36. The Morgan fingerprint density at radius 3 is 2.29 bits per heavy atom. The number of aryl methyl sites for hydroxylation is 1. The maximum Gasteiger partial charge on any atom is 0.0916 e. The van der Waals surface area contributed by atoms with Gasteiger partial charge in [-0.2, -0.15) is 0 Å². The van der Waals surface area contributed by atoms with Crippen LogP contribution >= 0.6 is 0 Å². The minimum atomic E-state index is -0.373. The molecule has 2 nitrogen and oxygen atoms in total. The van der Waals surface area contributed by atoms with E-state index in [2.05, 4.69) is 50.1 Å². The molecule has 1 aromatic carbocycles. The van der Waals surface area contributed by atoms with E-state index < -0.39 is 0 Å². The third-order valence-electron chi connectivity index (χ3n) is 2.99. The lowest BCUT2D eigenvalue weighted by atomic mass is 10.0. The van der Waals surface area contributed by atoms with Gasteiger partial charge in [-0.15, -0.1) is 0 Å². The molecule has 1 aromatic rings. The van der Waals surface area contributed by atoms with Crippen LogP contribution < -0.4 is 0 Å². The van der Waals surface area contributed by atoms with Crippen molar-refractivity contribution in [1.82, 2.24) is 4.90 Å². The third-order valence-corrected chi connectivity index (χ3v) is 2.99. The molecule has 0 aliphatic rings. The standard InChI is InChI=1S/C15H25NO/c1-4-6-13-7-9-14(10-8-13)15(17)12-16(3)11-5-2/h7-10,15,17H,4-6,11-12H2,1-3H3. The van der Waals surface area contributed by atoms with Crippen molar-refractivity contribution in [1.29, 1.82) is 0 Å². The molecule has 2 heteroatoms. The number of benzene rings is 1.